The highest BCUT2D eigenvalue weighted by atomic mass is 32.2. The smallest absolute Gasteiger partial charge is 0.251 e. The first-order valence-electron chi connectivity index (χ1n) is 9.92. The van der Waals surface area contributed by atoms with Crippen LogP contribution in [-0.4, -0.2) is 82.0 Å². The van der Waals surface area contributed by atoms with Crippen LogP contribution in [0.15, 0.2) is 23.1 Å². The zero-order chi connectivity index (χ0) is 20.6. The van der Waals surface area contributed by atoms with Crippen molar-refractivity contribution in [1.82, 2.24) is 9.80 Å². The molecule has 3 aliphatic rings. The summed E-state index contributed by atoms with van der Waals surface area (Å²) in [7, 11) is -3.76. The van der Waals surface area contributed by atoms with Crippen molar-refractivity contribution < 1.29 is 22.7 Å². The molecular formula is C19H26N4O5S. The Hall–Kier alpha value is -2.01. The lowest BCUT2D eigenvalue weighted by Gasteiger charge is -2.36. The van der Waals surface area contributed by atoms with E-state index in [9.17, 15) is 18.0 Å². The van der Waals surface area contributed by atoms with Gasteiger partial charge in [0, 0.05) is 45.0 Å². The van der Waals surface area contributed by atoms with E-state index in [0.29, 0.717) is 45.8 Å². The van der Waals surface area contributed by atoms with Crippen molar-refractivity contribution in [2.24, 2.45) is 5.14 Å². The molecule has 1 aromatic rings. The van der Waals surface area contributed by atoms with Crippen molar-refractivity contribution >= 4 is 27.5 Å². The average Bonchev–Trinajstić information content (AvgIpc) is 3.37. The number of primary sulfonamides is 1. The predicted molar refractivity (Wildman–Crippen MR) is 106 cm³/mol. The van der Waals surface area contributed by atoms with Crippen LogP contribution < -0.4 is 10.0 Å². The summed E-state index contributed by atoms with van der Waals surface area (Å²) >= 11 is 0. The lowest BCUT2D eigenvalue weighted by atomic mass is 10.2. The second-order valence-corrected chi connectivity index (χ2v) is 9.30. The Morgan fingerprint density at radius 2 is 1.90 bits per heavy atom. The zero-order valence-electron chi connectivity index (χ0n) is 16.2. The summed E-state index contributed by atoms with van der Waals surface area (Å²) in [6.45, 7) is 3.95. The summed E-state index contributed by atoms with van der Waals surface area (Å²) in [4.78, 5) is 30.9. The molecule has 0 aliphatic carbocycles. The van der Waals surface area contributed by atoms with Crippen LogP contribution in [0.5, 0.6) is 0 Å². The zero-order valence-corrected chi connectivity index (χ0v) is 17.1. The highest BCUT2D eigenvalue weighted by molar-refractivity contribution is 7.89. The largest absolute Gasteiger partial charge is 0.368 e. The molecule has 0 aromatic heterocycles. The fourth-order valence-electron chi connectivity index (χ4n) is 4.19. The topological polar surface area (TPSA) is 113 Å². The van der Waals surface area contributed by atoms with E-state index in [1.54, 1.807) is 17.0 Å². The molecule has 0 spiro atoms. The van der Waals surface area contributed by atoms with Gasteiger partial charge in [-0.2, -0.15) is 0 Å². The van der Waals surface area contributed by atoms with Gasteiger partial charge in [0.05, 0.1) is 11.4 Å². The fraction of sp³-hybridized carbons (Fsp3) is 0.579. The van der Waals surface area contributed by atoms with Gasteiger partial charge in [0.1, 0.15) is 6.10 Å². The van der Waals surface area contributed by atoms with Crippen LogP contribution in [-0.2, 0) is 30.8 Å². The number of carbonyl (C=O) groups excluding carboxylic acids is 2. The van der Waals surface area contributed by atoms with Crippen LogP contribution in [0.2, 0.25) is 0 Å². The third-order valence-corrected chi connectivity index (χ3v) is 6.74. The molecule has 158 valence electrons. The number of ether oxygens (including phenoxy) is 1. The number of rotatable bonds is 4. The summed E-state index contributed by atoms with van der Waals surface area (Å²) in [6.07, 6.45) is 2.03. The minimum atomic E-state index is -3.76. The summed E-state index contributed by atoms with van der Waals surface area (Å²) in [5.41, 5.74) is 1.56. The van der Waals surface area contributed by atoms with E-state index in [4.69, 9.17) is 9.88 Å². The van der Waals surface area contributed by atoms with Gasteiger partial charge in [0.15, 0.2) is 0 Å². The van der Waals surface area contributed by atoms with E-state index in [2.05, 4.69) is 4.90 Å². The quantitative estimate of drug-likeness (QED) is 0.703. The molecule has 1 aromatic carbocycles. The number of benzene rings is 1. The molecule has 0 radical (unpaired) electrons. The molecule has 2 amide bonds. The summed E-state index contributed by atoms with van der Waals surface area (Å²) < 4.78 is 28.5. The summed E-state index contributed by atoms with van der Waals surface area (Å²) in [5.74, 6) is 0.0404. The van der Waals surface area contributed by atoms with E-state index in [0.717, 1.165) is 24.1 Å². The second-order valence-electron chi connectivity index (χ2n) is 7.73. The molecule has 10 heteroatoms. The minimum absolute atomic E-state index is 0.0222. The Balaban J connectivity index is 1.33. The summed E-state index contributed by atoms with van der Waals surface area (Å²) in [5, 5.41) is 5.19. The number of carbonyl (C=O) groups is 2. The molecule has 3 heterocycles. The molecule has 4 rings (SSSR count). The average molecular weight is 423 g/mol. The third-order valence-electron chi connectivity index (χ3n) is 5.82. The Bertz CT molecular complexity index is 905. The van der Waals surface area contributed by atoms with Crippen LogP contribution in [0.25, 0.3) is 0 Å². The van der Waals surface area contributed by atoms with Crippen LogP contribution in [0, 0.1) is 0 Å². The van der Waals surface area contributed by atoms with Crippen LogP contribution in [0.4, 0.5) is 5.69 Å². The molecule has 1 atom stereocenters. The Kier molecular flexibility index (Phi) is 5.60. The number of amides is 2. The Labute approximate surface area is 170 Å². The van der Waals surface area contributed by atoms with Gasteiger partial charge in [-0.1, -0.05) is 0 Å². The number of hydrogen-bond acceptors (Lipinski definition) is 6. The van der Waals surface area contributed by atoms with E-state index < -0.39 is 10.0 Å². The molecule has 0 saturated carbocycles. The number of fused-ring (bicyclic) bond motifs is 1. The maximum atomic E-state index is 12.8. The normalized spacial score (nSPS) is 22.7. The third kappa shape index (κ3) is 4.30. The molecule has 9 nitrogen and oxygen atoms in total. The van der Waals surface area contributed by atoms with Crippen molar-refractivity contribution in [1.29, 1.82) is 0 Å². The molecule has 29 heavy (non-hydrogen) atoms. The molecule has 2 fully saturated rings. The van der Waals surface area contributed by atoms with Crippen molar-refractivity contribution in [3.8, 4) is 0 Å². The molecule has 3 aliphatic heterocycles. The minimum Gasteiger partial charge on any atom is -0.368 e. The molecular weight excluding hydrogens is 396 g/mol. The summed E-state index contributed by atoms with van der Waals surface area (Å²) in [6, 6.07) is 4.64. The second kappa shape index (κ2) is 8.02. The van der Waals surface area contributed by atoms with Gasteiger partial charge in [-0.15, -0.1) is 0 Å². The first-order chi connectivity index (χ1) is 13.8. The molecule has 2 N–H and O–H groups in total. The van der Waals surface area contributed by atoms with Crippen molar-refractivity contribution in [3.63, 3.8) is 0 Å². The Morgan fingerprint density at radius 1 is 1.14 bits per heavy atom. The first-order valence-corrected chi connectivity index (χ1v) is 11.5. The monoisotopic (exact) mass is 422 g/mol. The van der Waals surface area contributed by atoms with Gasteiger partial charge in [0.2, 0.25) is 15.9 Å². The highest BCUT2D eigenvalue weighted by Gasteiger charge is 2.32. The Morgan fingerprint density at radius 3 is 2.55 bits per heavy atom. The number of nitrogens with two attached hydrogens (primary N) is 1. The number of nitrogens with zero attached hydrogens (tertiary/aromatic N) is 3. The molecule has 1 unspecified atom stereocenters. The molecule has 0 bridgehead atoms. The van der Waals surface area contributed by atoms with E-state index in [1.165, 1.54) is 6.07 Å². The number of sulfonamides is 1. The highest BCUT2D eigenvalue weighted by Crippen LogP contribution is 2.30. The van der Waals surface area contributed by atoms with E-state index in [1.807, 2.05) is 4.90 Å². The number of piperazine rings is 1. The maximum Gasteiger partial charge on any atom is 0.251 e. The van der Waals surface area contributed by atoms with Gasteiger partial charge < -0.3 is 14.5 Å². The van der Waals surface area contributed by atoms with E-state index in [-0.39, 0.29) is 29.4 Å². The van der Waals surface area contributed by atoms with Gasteiger partial charge in [-0.3, -0.25) is 14.5 Å². The van der Waals surface area contributed by atoms with Gasteiger partial charge in [0.25, 0.3) is 5.91 Å². The van der Waals surface area contributed by atoms with Crippen LogP contribution in [0.1, 0.15) is 18.4 Å². The van der Waals surface area contributed by atoms with Crippen molar-refractivity contribution in [3.05, 3.63) is 23.8 Å². The van der Waals surface area contributed by atoms with Crippen LogP contribution >= 0.6 is 0 Å². The van der Waals surface area contributed by atoms with Gasteiger partial charge >= 0.3 is 0 Å². The van der Waals surface area contributed by atoms with Gasteiger partial charge in [-0.05, 0) is 43.0 Å². The molecule has 2 saturated heterocycles. The van der Waals surface area contributed by atoms with Crippen molar-refractivity contribution in [2.45, 2.75) is 30.3 Å². The van der Waals surface area contributed by atoms with Crippen LogP contribution in [0.3, 0.4) is 0 Å². The van der Waals surface area contributed by atoms with Crippen molar-refractivity contribution in [2.75, 3.05) is 50.8 Å². The number of anilines is 1. The fourth-order valence-corrected chi connectivity index (χ4v) is 4.76. The number of hydrogen-bond donors (Lipinski definition) is 1. The maximum absolute atomic E-state index is 12.8. The first kappa shape index (κ1) is 20.3. The predicted octanol–water partition coefficient (Wildman–Crippen LogP) is -0.454. The lowest BCUT2D eigenvalue weighted by molar-refractivity contribution is -0.142. The van der Waals surface area contributed by atoms with Gasteiger partial charge in [-0.25, -0.2) is 13.6 Å². The SMILES string of the molecule is NS(=O)(=O)c1ccc2c(c1)CCN2C(=O)CN1CCN(C(=O)C2CCCO2)CC1. The standard InChI is InChI=1S/C19H26N4O5S/c20-29(26,27)15-3-4-16-14(12-15)5-6-23(16)18(24)13-21-7-9-22(10-8-21)19(25)17-2-1-11-28-17/h3-4,12,17H,1-2,5-11,13H2,(H2,20,26,27). The van der Waals surface area contributed by atoms with E-state index >= 15 is 0 Å². The lowest BCUT2D eigenvalue weighted by Crippen LogP contribution is -2.53.